The number of sulfonamides is 1. The lowest BCUT2D eigenvalue weighted by atomic mass is 9.97. The van der Waals surface area contributed by atoms with Crippen molar-refractivity contribution in [1.82, 2.24) is 4.31 Å². The largest absolute Gasteiger partial charge is 0.494 e. The molecule has 1 N–H and O–H groups in total. The number of halogens is 1. The van der Waals surface area contributed by atoms with Crippen LogP contribution in [0.4, 0.5) is 10.1 Å². The molecule has 2 aromatic carbocycles. The Bertz CT molecular complexity index is 1030. The Kier molecular flexibility index (Phi) is 6.77. The van der Waals surface area contributed by atoms with Gasteiger partial charge in [0.2, 0.25) is 15.9 Å². The second-order valence-electron chi connectivity index (χ2n) is 7.49. The number of hydrogen-bond acceptors (Lipinski definition) is 4. The maximum Gasteiger partial charge on any atom is 0.243 e. The van der Waals surface area contributed by atoms with Crippen LogP contribution in [0.25, 0.3) is 0 Å². The van der Waals surface area contributed by atoms with Crippen LogP contribution in [0.2, 0.25) is 0 Å². The van der Waals surface area contributed by atoms with Crippen molar-refractivity contribution in [2.45, 2.75) is 38.5 Å². The summed E-state index contributed by atoms with van der Waals surface area (Å²) in [6.45, 7) is 6.51. The summed E-state index contributed by atoms with van der Waals surface area (Å²) < 4.78 is 46.3. The lowest BCUT2D eigenvalue weighted by molar-refractivity contribution is -0.120. The van der Waals surface area contributed by atoms with Crippen molar-refractivity contribution in [1.29, 1.82) is 0 Å². The molecule has 0 unspecified atom stereocenters. The quantitative estimate of drug-likeness (QED) is 0.749. The fraction of sp³-hybridized carbons (Fsp3) is 0.409. The highest BCUT2D eigenvalue weighted by atomic mass is 32.2. The molecule has 0 atom stereocenters. The monoisotopic (exact) mass is 434 g/mol. The highest BCUT2D eigenvalue weighted by Gasteiger charge is 2.32. The van der Waals surface area contributed by atoms with Crippen LogP contribution in [0.15, 0.2) is 41.3 Å². The predicted octanol–water partition coefficient (Wildman–Crippen LogP) is 3.88. The van der Waals surface area contributed by atoms with Crippen LogP contribution in [0.3, 0.4) is 0 Å². The summed E-state index contributed by atoms with van der Waals surface area (Å²) in [5.74, 6) is -0.277. The van der Waals surface area contributed by atoms with Gasteiger partial charge in [0.1, 0.15) is 11.6 Å². The second kappa shape index (κ2) is 9.14. The van der Waals surface area contributed by atoms with Crippen LogP contribution >= 0.6 is 0 Å². The summed E-state index contributed by atoms with van der Waals surface area (Å²) in [5.41, 5.74) is 1.98. The third-order valence-corrected chi connectivity index (χ3v) is 7.26. The minimum Gasteiger partial charge on any atom is -0.494 e. The Labute approximate surface area is 177 Å². The molecule has 162 valence electrons. The van der Waals surface area contributed by atoms with E-state index in [4.69, 9.17) is 4.74 Å². The number of aryl methyl sites for hydroxylation is 2. The molecule has 8 heteroatoms. The molecule has 1 heterocycles. The number of benzene rings is 2. The van der Waals surface area contributed by atoms with Gasteiger partial charge in [0.25, 0.3) is 0 Å². The van der Waals surface area contributed by atoms with Gasteiger partial charge in [-0.3, -0.25) is 4.79 Å². The zero-order valence-electron chi connectivity index (χ0n) is 17.4. The molecule has 0 aromatic heterocycles. The predicted molar refractivity (Wildman–Crippen MR) is 114 cm³/mol. The van der Waals surface area contributed by atoms with Crippen LogP contribution in [0.1, 0.15) is 30.9 Å². The van der Waals surface area contributed by atoms with Gasteiger partial charge in [-0.05, 0) is 75.1 Å². The third kappa shape index (κ3) is 4.82. The third-order valence-electron chi connectivity index (χ3n) is 5.37. The molecule has 0 radical (unpaired) electrons. The molecule has 2 aromatic rings. The van der Waals surface area contributed by atoms with E-state index in [1.165, 1.54) is 16.4 Å². The van der Waals surface area contributed by atoms with Crippen LogP contribution in [0, 0.1) is 25.6 Å². The lowest BCUT2D eigenvalue weighted by Crippen LogP contribution is -2.41. The summed E-state index contributed by atoms with van der Waals surface area (Å²) in [5, 5.41) is 2.77. The number of piperidine rings is 1. The average Bonchev–Trinajstić information content (AvgIpc) is 2.72. The number of nitrogens with zero attached hydrogens (tertiary/aromatic N) is 1. The zero-order chi connectivity index (χ0) is 21.9. The van der Waals surface area contributed by atoms with Gasteiger partial charge in [-0.2, -0.15) is 4.31 Å². The molecular formula is C22H27FN2O4S. The Morgan fingerprint density at radius 1 is 1.13 bits per heavy atom. The van der Waals surface area contributed by atoms with Crippen molar-refractivity contribution < 1.29 is 22.3 Å². The molecular weight excluding hydrogens is 407 g/mol. The number of nitrogens with one attached hydrogen (secondary N) is 1. The minimum atomic E-state index is -3.64. The Balaban J connectivity index is 1.65. The molecule has 0 saturated carbocycles. The van der Waals surface area contributed by atoms with E-state index in [-0.39, 0.29) is 29.8 Å². The fourth-order valence-electron chi connectivity index (χ4n) is 3.57. The van der Waals surface area contributed by atoms with Gasteiger partial charge in [0.15, 0.2) is 0 Å². The maximum absolute atomic E-state index is 13.4. The number of amides is 1. The first-order valence-electron chi connectivity index (χ1n) is 10.0. The number of hydrogen-bond donors (Lipinski definition) is 1. The number of carbonyl (C=O) groups excluding carboxylic acids is 1. The Hall–Kier alpha value is -2.45. The first kappa shape index (κ1) is 22.2. The minimum absolute atomic E-state index is 0.211. The van der Waals surface area contributed by atoms with E-state index in [9.17, 15) is 17.6 Å². The van der Waals surface area contributed by atoms with Gasteiger partial charge in [0, 0.05) is 24.7 Å². The van der Waals surface area contributed by atoms with Gasteiger partial charge in [-0.25, -0.2) is 12.8 Å². The highest BCUT2D eigenvalue weighted by Crippen LogP contribution is 2.28. The number of anilines is 1. The first-order chi connectivity index (χ1) is 14.2. The van der Waals surface area contributed by atoms with Gasteiger partial charge in [-0.15, -0.1) is 0 Å². The average molecular weight is 435 g/mol. The van der Waals surface area contributed by atoms with Crippen molar-refractivity contribution in [2.75, 3.05) is 25.0 Å². The zero-order valence-corrected chi connectivity index (χ0v) is 18.3. The van der Waals surface area contributed by atoms with E-state index in [2.05, 4.69) is 5.32 Å². The number of ether oxygens (including phenoxy) is 1. The lowest BCUT2D eigenvalue weighted by Gasteiger charge is -2.30. The molecule has 1 aliphatic rings. The standard InChI is InChI=1S/C22H27FN2O4S/c1-4-29-21-8-7-19(13-16(21)3)30(27,28)25-11-9-17(10-12-25)22(26)24-20-14-18(23)6-5-15(20)2/h5-8,13-14,17H,4,9-12H2,1-3H3,(H,24,26). The summed E-state index contributed by atoms with van der Waals surface area (Å²) >= 11 is 0. The molecule has 1 aliphatic heterocycles. The normalized spacial score (nSPS) is 15.7. The van der Waals surface area contributed by atoms with Gasteiger partial charge in [-0.1, -0.05) is 6.07 Å². The second-order valence-corrected chi connectivity index (χ2v) is 9.43. The fourth-order valence-corrected chi connectivity index (χ4v) is 5.13. The van der Waals surface area contributed by atoms with E-state index >= 15 is 0 Å². The molecule has 3 rings (SSSR count). The topological polar surface area (TPSA) is 75.7 Å². The summed E-state index contributed by atoms with van der Waals surface area (Å²) in [4.78, 5) is 12.8. The van der Waals surface area contributed by atoms with Crippen LogP contribution in [-0.2, 0) is 14.8 Å². The van der Waals surface area contributed by atoms with Gasteiger partial charge in [0.05, 0.1) is 11.5 Å². The molecule has 6 nitrogen and oxygen atoms in total. The molecule has 0 spiro atoms. The molecule has 1 amide bonds. The van der Waals surface area contributed by atoms with Gasteiger partial charge < -0.3 is 10.1 Å². The Morgan fingerprint density at radius 3 is 2.47 bits per heavy atom. The van der Waals surface area contributed by atoms with E-state index < -0.39 is 15.8 Å². The smallest absolute Gasteiger partial charge is 0.243 e. The van der Waals surface area contributed by atoms with Crippen molar-refractivity contribution >= 4 is 21.6 Å². The van der Waals surface area contributed by atoms with E-state index in [1.807, 2.05) is 13.8 Å². The molecule has 30 heavy (non-hydrogen) atoms. The maximum atomic E-state index is 13.4. The summed E-state index contributed by atoms with van der Waals surface area (Å²) in [6, 6.07) is 9.09. The molecule has 1 fully saturated rings. The van der Waals surface area contributed by atoms with Crippen molar-refractivity contribution in [3.05, 3.63) is 53.3 Å². The molecule has 0 aliphatic carbocycles. The Morgan fingerprint density at radius 2 is 1.83 bits per heavy atom. The van der Waals surface area contributed by atoms with E-state index in [0.29, 0.717) is 30.9 Å². The number of carbonyl (C=O) groups is 1. The summed E-state index contributed by atoms with van der Waals surface area (Å²) in [7, 11) is -3.64. The van der Waals surface area contributed by atoms with E-state index in [0.717, 1.165) is 11.1 Å². The summed E-state index contributed by atoms with van der Waals surface area (Å²) in [6.07, 6.45) is 0.824. The van der Waals surface area contributed by atoms with Crippen LogP contribution < -0.4 is 10.1 Å². The number of rotatable bonds is 6. The van der Waals surface area contributed by atoms with Crippen molar-refractivity contribution in [3.8, 4) is 5.75 Å². The highest BCUT2D eigenvalue weighted by molar-refractivity contribution is 7.89. The van der Waals surface area contributed by atoms with E-state index in [1.54, 1.807) is 31.2 Å². The van der Waals surface area contributed by atoms with Crippen LogP contribution in [0.5, 0.6) is 5.75 Å². The van der Waals surface area contributed by atoms with Gasteiger partial charge >= 0.3 is 0 Å². The molecule has 0 bridgehead atoms. The van der Waals surface area contributed by atoms with Crippen molar-refractivity contribution in [2.24, 2.45) is 5.92 Å². The molecule has 1 saturated heterocycles. The van der Waals surface area contributed by atoms with Crippen LogP contribution in [-0.4, -0.2) is 38.3 Å². The SMILES string of the molecule is CCOc1ccc(S(=O)(=O)N2CCC(C(=O)Nc3cc(F)ccc3C)CC2)cc1C. The van der Waals surface area contributed by atoms with Crippen molar-refractivity contribution in [3.63, 3.8) is 0 Å². The first-order valence-corrected chi connectivity index (χ1v) is 11.5.